The maximum atomic E-state index is 10.1. The molecule has 2 atom stereocenters. The summed E-state index contributed by atoms with van der Waals surface area (Å²) in [5.41, 5.74) is 14.2. The fourth-order valence-electron chi connectivity index (χ4n) is 8.73. The zero-order valence-electron chi connectivity index (χ0n) is 25.8. The molecule has 3 heteroatoms. The van der Waals surface area contributed by atoms with Gasteiger partial charge in [-0.3, -0.25) is 0 Å². The molecule has 0 saturated heterocycles. The molecule has 3 nitrogen and oxygen atoms in total. The molecule has 0 N–H and O–H groups in total. The van der Waals surface area contributed by atoms with Crippen molar-refractivity contribution >= 4 is 38.5 Å². The Morgan fingerprint density at radius 2 is 1.24 bits per heavy atom. The zero-order valence-corrected chi connectivity index (χ0v) is 25.8. The van der Waals surface area contributed by atoms with Gasteiger partial charge in [0.05, 0.1) is 23.5 Å². The molecule has 45 heavy (non-hydrogen) atoms. The minimum atomic E-state index is 0.00991. The number of benzene rings is 5. The zero-order chi connectivity index (χ0) is 30.4. The number of aromatic nitrogens is 2. The Kier molecular flexibility index (Phi) is 5.56. The maximum absolute atomic E-state index is 10.1. The minimum absolute atomic E-state index is 0.00991. The summed E-state index contributed by atoms with van der Waals surface area (Å²) >= 11 is 0. The molecule has 2 heterocycles. The highest BCUT2D eigenvalue weighted by Crippen LogP contribution is 2.56. The van der Waals surface area contributed by atoms with Gasteiger partial charge in [-0.2, -0.15) is 5.26 Å². The van der Waals surface area contributed by atoms with Crippen LogP contribution < -0.4 is 0 Å². The number of nitriles is 1. The molecule has 2 aromatic heterocycles. The largest absolute Gasteiger partial charge is 0.350 e. The van der Waals surface area contributed by atoms with Gasteiger partial charge in [0.1, 0.15) is 0 Å². The highest BCUT2D eigenvalue weighted by atomic mass is 15.0. The smallest absolute Gasteiger partial charge is 0.0998 e. The van der Waals surface area contributed by atoms with E-state index in [2.05, 4.69) is 133 Å². The molecule has 0 amide bonds. The van der Waals surface area contributed by atoms with Crippen LogP contribution in [0.4, 0.5) is 0 Å². The quantitative estimate of drug-likeness (QED) is 0.201. The van der Waals surface area contributed by atoms with Gasteiger partial charge in [-0.15, -0.1) is 0 Å². The Morgan fingerprint density at radius 3 is 2.00 bits per heavy atom. The number of nitrogens with zero attached hydrogens (tertiary/aromatic N) is 3. The lowest BCUT2D eigenvalue weighted by molar-refractivity contribution is 0.694. The third kappa shape index (κ3) is 3.46. The molecule has 2 unspecified atom stereocenters. The van der Waals surface area contributed by atoms with Crippen LogP contribution in [0.5, 0.6) is 0 Å². The molecule has 0 fully saturated rings. The lowest BCUT2D eigenvalue weighted by Gasteiger charge is -2.34. The fraction of sp³-hybridized carbons (Fsp3) is 0.167. The van der Waals surface area contributed by atoms with Crippen LogP contribution in [0, 0.1) is 18.3 Å². The van der Waals surface area contributed by atoms with E-state index in [1.54, 1.807) is 0 Å². The molecule has 2 aliphatic rings. The first-order chi connectivity index (χ1) is 22.1. The summed E-state index contributed by atoms with van der Waals surface area (Å²) in [4.78, 5) is 0. The molecule has 2 aliphatic carbocycles. The molecular weight excluding hydrogens is 546 g/mol. The number of aryl methyl sites for hydroxylation is 2. The summed E-state index contributed by atoms with van der Waals surface area (Å²) in [6, 6.07) is 37.7. The van der Waals surface area contributed by atoms with E-state index in [1.165, 1.54) is 72.1 Å². The summed E-state index contributed by atoms with van der Waals surface area (Å²) in [6.07, 6.45) is 6.83. The van der Waals surface area contributed by atoms with Crippen molar-refractivity contribution in [1.29, 1.82) is 5.26 Å². The Balaban J connectivity index is 1.49. The highest BCUT2D eigenvalue weighted by molar-refractivity contribution is 5.96. The Morgan fingerprint density at radius 1 is 0.644 bits per heavy atom. The normalized spacial score (nSPS) is 16.9. The van der Waals surface area contributed by atoms with E-state index in [0.717, 1.165) is 29.2 Å². The second-order valence-electron chi connectivity index (χ2n) is 12.8. The van der Waals surface area contributed by atoms with Gasteiger partial charge in [-0.1, -0.05) is 97.1 Å². The second kappa shape index (κ2) is 9.58. The summed E-state index contributed by atoms with van der Waals surface area (Å²) < 4.78 is 5.00. The van der Waals surface area contributed by atoms with Crippen LogP contribution in [0.1, 0.15) is 74.3 Å². The fourth-order valence-corrected chi connectivity index (χ4v) is 8.73. The third-order valence-electron chi connectivity index (χ3n) is 10.7. The molecule has 7 aromatic rings. The molecule has 0 aliphatic heterocycles. The third-order valence-corrected chi connectivity index (χ3v) is 10.7. The number of rotatable bonds is 2. The van der Waals surface area contributed by atoms with Crippen LogP contribution in [0.25, 0.3) is 38.5 Å². The average Bonchev–Trinajstić information content (AvgIpc) is 3.55. The van der Waals surface area contributed by atoms with Crippen LogP contribution in [0.15, 0.2) is 103 Å². The van der Waals surface area contributed by atoms with Crippen molar-refractivity contribution in [3.8, 4) is 6.07 Å². The molecule has 216 valence electrons. The maximum Gasteiger partial charge on any atom is 0.0998 e. The number of hydrogen-bond acceptors (Lipinski definition) is 1. The first-order valence-corrected chi connectivity index (χ1v) is 15.9. The van der Waals surface area contributed by atoms with Crippen molar-refractivity contribution in [3.63, 3.8) is 0 Å². The lowest BCUT2D eigenvalue weighted by atomic mass is 9.70. The van der Waals surface area contributed by atoms with Gasteiger partial charge in [0.2, 0.25) is 0 Å². The molecule has 0 saturated carbocycles. The first kappa shape index (κ1) is 26.1. The Bertz CT molecular complexity index is 2440. The summed E-state index contributed by atoms with van der Waals surface area (Å²) in [5, 5.41) is 16.2. The summed E-state index contributed by atoms with van der Waals surface area (Å²) in [7, 11) is 4.55. The van der Waals surface area contributed by atoms with Gasteiger partial charge in [0, 0.05) is 42.1 Å². The monoisotopic (exact) mass is 579 g/mol. The van der Waals surface area contributed by atoms with Gasteiger partial charge in [0.15, 0.2) is 0 Å². The van der Waals surface area contributed by atoms with E-state index in [9.17, 15) is 5.26 Å². The number of allylic oxidation sites excluding steroid dienone is 1. The minimum Gasteiger partial charge on any atom is -0.350 e. The second-order valence-corrected chi connectivity index (χ2v) is 12.8. The topological polar surface area (TPSA) is 33.6 Å². The van der Waals surface area contributed by atoms with Crippen molar-refractivity contribution < 1.29 is 0 Å². The Labute approximate surface area is 263 Å². The average molecular weight is 580 g/mol. The molecule has 0 spiro atoms. The number of para-hydroxylation sites is 1. The predicted octanol–water partition coefficient (Wildman–Crippen LogP) is 9.64. The molecule has 9 rings (SSSR count). The lowest BCUT2D eigenvalue weighted by Crippen LogP contribution is -2.23. The van der Waals surface area contributed by atoms with Gasteiger partial charge in [-0.25, -0.2) is 0 Å². The van der Waals surface area contributed by atoms with Crippen molar-refractivity contribution in [2.24, 2.45) is 14.1 Å². The van der Waals surface area contributed by atoms with E-state index < -0.39 is 0 Å². The highest BCUT2D eigenvalue weighted by Gasteiger charge is 2.43. The van der Waals surface area contributed by atoms with Gasteiger partial charge < -0.3 is 9.13 Å². The van der Waals surface area contributed by atoms with Crippen molar-refractivity contribution in [2.75, 3.05) is 0 Å². The van der Waals surface area contributed by atoms with E-state index in [-0.39, 0.29) is 11.8 Å². The van der Waals surface area contributed by atoms with Crippen molar-refractivity contribution in [1.82, 2.24) is 9.13 Å². The van der Waals surface area contributed by atoms with Gasteiger partial charge in [0.25, 0.3) is 0 Å². The molecule has 5 aromatic carbocycles. The molecular formula is C42H33N3. The predicted molar refractivity (Wildman–Crippen MR) is 185 cm³/mol. The van der Waals surface area contributed by atoms with E-state index in [4.69, 9.17) is 0 Å². The Hall–Kier alpha value is -5.33. The van der Waals surface area contributed by atoms with Crippen LogP contribution in [0.3, 0.4) is 0 Å². The van der Waals surface area contributed by atoms with Crippen molar-refractivity contribution in [3.05, 3.63) is 159 Å². The van der Waals surface area contributed by atoms with Crippen LogP contribution in [-0.2, 0) is 20.5 Å². The number of fused-ring (bicyclic) bond motifs is 8. The van der Waals surface area contributed by atoms with Crippen LogP contribution in [0.2, 0.25) is 0 Å². The van der Waals surface area contributed by atoms with Crippen molar-refractivity contribution in [2.45, 2.75) is 31.6 Å². The van der Waals surface area contributed by atoms with Crippen LogP contribution in [-0.4, -0.2) is 9.13 Å². The first-order valence-electron chi connectivity index (χ1n) is 15.9. The SMILES string of the molecule is Cc1ccc(C2c3c(n(C)c4ccccc34)C(c3ccc(C#N)c4ccccc34)c3c4c(n(C)c32)CCC=C4)c2ccccc12. The van der Waals surface area contributed by atoms with Crippen LogP contribution >= 0.6 is 0 Å². The molecule has 0 bridgehead atoms. The summed E-state index contributed by atoms with van der Waals surface area (Å²) in [6.45, 7) is 2.22. The van der Waals surface area contributed by atoms with E-state index in [1.807, 2.05) is 12.1 Å². The van der Waals surface area contributed by atoms with E-state index in [0.29, 0.717) is 0 Å². The summed E-state index contributed by atoms with van der Waals surface area (Å²) in [5.74, 6) is 0.0761. The molecule has 0 radical (unpaired) electrons. The van der Waals surface area contributed by atoms with E-state index >= 15 is 0 Å². The van der Waals surface area contributed by atoms with Gasteiger partial charge >= 0.3 is 0 Å². The number of hydrogen-bond donors (Lipinski definition) is 0. The standard InChI is InChI=1S/C42H33N3/c1-25-20-22-31(29-14-6-4-12-27(25)29)37-39-33-16-8-10-18-35(33)45(3)42(39)38(40-34-17-9-11-19-36(34)44(2)41(37)40)32-23-21-26(24-43)28-13-5-7-15-30(28)32/h4-10,12-18,20-23,37-38H,11,19H2,1-3H3. The van der Waals surface area contributed by atoms with Gasteiger partial charge in [-0.05, 0) is 86.8 Å².